The van der Waals surface area contributed by atoms with Gasteiger partial charge in [-0.25, -0.2) is 4.79 Å². The van der Waals surface area contributed by atoms with Crippen molar-refractivity contribution < 1.29 is 19.1 Å². The maximum absolute atomic E-state index is 12.3. The third-order valence-electron chi connectivity index (χ3n) is 3.53. The van der Waals surface area contributed by atoms with E-state index >= 15 is 0 Å². The number of thioether (sulfide) groups is 1. The predicted molar refractivity (Wildman–Crippen MR) is 96.1 cm³/mol. The van der Waals surface area contributed by atoms with Crippen LogP contribution >= 0.6 is 11.8 Å². The molecule has 2 N–H and O–H groups in total. The van der Waals surface area contributed by atoms with Crippen LogP contribution in [0.15, 0.2) is 47.4 Å². The summed E-state index contributed by atoms with van der Waals surface area (Å²) in [6.45, 7) is 3.25. The lowest BCUT2D eigenvalue weighted by atomic mass is 10.2. The molecule has 0 spiro atoms. The number of ether oxygens (including phenoxy) is 1. The van der Waals surface area contributed by atoms with E-state index in [1.807, 2.05) is 6.92 Å². The van der Waals surface area contributed by atoms with Crippen LogP contribution in [0.25, 0.3) is 0 Å². The van der Waals surface area contributed by atoms with E-state index in [0.717, 1.165) is 4.90 Å². The fourth-order valence-corrected chi connectivity index (χ4v) is 3.24. The molecule has 0 aliphatic carbocycles. The minimum atomic E-state index is -0.520. The van der Waals surface area contributed by atoms with E-state index in [9.17, 15) is 14.4 Å². The number of carbonyl (C=O) groups is 3. The molecule has 2 amide bonds. The molecule has 25 heavy (non-hydrogen) atoms. The van der Waals surface area contributed by atoms with E-state index < -0.39 is 5.97 Å². The maximum atomic E-state index is 12.3. The van der Waals surface area contributed by atoms with Gasteiger partial charge in [-0.3, -0.25) is 9.59 Å². The maximum Gasteiger partial charge on any atom is 0.343 e. The quantitative estimate of drug-likeness (QED) is 0.651. The Morgan fingerprint density at radius 1 is 1.16 bits per heavy atom. The van der Waals surface area contributed by atoms with Crippen LogP contribution in [0, 0.1) is 0 Å². The van der Waals surface area contributed by atoms with Crippen LogP contribution in [0.5, 0.6) is 5.75 Å². The zero-order valence-corrected chi connectivity index (χ0v) is 14.5. The van der Waals surface area contributed by atoms with Crippen molar-refractivity contribution in [2.45, 2.75) is 24.0 Å². The number of esters is 1. The smallest absolute Gasteiger partial charge is 0.343 e. The standard InChI is InChI=1S/C18H16N2O4S/c1-10-17(22)20-15-9-12(3-8-16(15)25-10)18(23)24-14-6-4-13(5-7-14)19-11(2)21/h3-10H,1-2H3,(H,19,21)(H,20,22). The molecule has 1 aliphatic rings. The number of carbonyl (C=O) groups excluding carboxylic acids is 3. The Kier molecular flexibility index (Phi) is 4.76. The van der Waals surface area contributed by atoms with E-state index in [0.29, 0.717) is 22.7 Å². The summed E-state index contributed by atoms with van der Waals surface area (Å²) in [7, 11) is 0. The van der Waals surface area contributed by atoms with Crippen LogP contribution < -0.4 is 15.4 Å². The second-order valence-electron chi connectivity index (χ2n) is 5.56. The molecule has 0 bridgehead atoms. The molecule has 6 nitrogen and oxygen atoms in total. The summed E-state index contributed by atoms with van der Waals surface area (Å²) in [5.74, 6) is -0.415. The Hall–Kier alpha value is -2.80. The molecule has 7 heteroatoms. The topological polar surface area (TPSA) is 84.5 Å². The lowest BCUT2D eigenvalue weighted by molar-refractivity contribution is -0.115. The first-order valence-corrected chi connectivity index (χ1v) is 8.52. The number of hydrogen-bond donors (Lipinski definition) is 2. The van der Waals surface area contributed by atoms with Crippen molar-refractivity contribution in [1.82, 2.24) is 0 Å². The molecule has 1 aliphatic heterocycles. The van der Waals surface area contributed by atoms with Gasteiger partial charge in [0.05, 0.1) is 16.5 Å². The van der Waals surface area contributed by atoms with Gasteiger partial charge in [-0.1, -0.05) is 0 Å². The van der Waals surface area contributed by atoms with Crippen molar-refractivity contribution in [1.29, 1.82) is 0 Å². The lowest BCUT2D eigenvalue weighted by Crippen LogP contribution is -2.26. The van der Waals surface area contributed by atoms with Crippen molar-refractivity contribution in [2.24, 2.45) is 0 Å². The molecular formula is C18H16N2O4S. The number of anilines is 2. The third kappa shape index (κ3) is 4.00. The highest BCUT2D eigenvalue weighted by molar-refractivity contribution is 8.00. The van der Waals surface area contributed by atoms with Gasteiger partial charge in [0, 0.05) is 17.5 Å². The number of hydrogen-bond acceptors (Lipinski definition) is 5. The van der Waals surface area contributed by atoms with Crippen molar-refractivity contribution in [2.75, 3.05) is 10.6 Å². The highest BCUT2D eigenvalue weighted by atomic mass is 32.2. The Balaban J connectivity index is 1.72. The van der Waals surface area contributed by atoms with Crippen LogP contribution in [0.1, 0.15) is 24.2 Å². The molecule has 0 fully saturated rings. The SMILES string of the molecule is CC(=O)Nc1ccc(OC(=O)c2ccc3c(c2)NC(=O)C(C)S3)cc1. The molecule has 0 aromatic heterocycles. The van der Waals surface area contributed by atoms with E-state index in [4.69, 9.17) is 4.74 Å². The van der Waals surface area contributed by atoms with Gasteiger partial charge in [-0.15, -0.1) is 11.8 Å². The zero-order chi connectivity index (χ0) is 18.0. The molecule has 2 aromatic rings. The third-order valence-corrected chi connectivity index (χ3v) is 4.71. The van der Waals surface area contributed by atoms with Crippen LogP contribution in [0.2, 0.25) is 0 Å². The van der Waals surface area contributed by atoms with E-state index in [1.165, 1.54) is 18.7 Å². The Bertz CT molecular complexity index is 849. The second kappa shape index (κ2) is 6.98. The number of nitrogens with one attached hydrogen (secondary N) is 2. The molecule has 1 atom stereocenters. The van der Waals surface area contributed by atoms with Crippen LogP contribution in [0.3, 0.4) is 0 Å². The predicted octanol–water partition coefficient (Wildman–Crippen LogP) is 3.30. The summed E-state index contributed by atoms with van der Waals surface area (Å²) in [6, 6.07) is 11.6. The van der Waals surface area contributed by atoms with Gasteiger partial charge >= 0.3 is 5.97 Å². The van der Waals surface area contributed by atoms with Gasteiger partial charge in [-0.2, -0.15) is 0 Å². The van der Waals surface area contributed by atoms with Gasteiger partial charge in [0.25, 0.3) is 0 Å². The van der Waals surface area contributed by atoms with Gasteiger partial charge in [0.15, 0.2) is 0 Å². The molecule has 3 rings (SSSR count). The van der Waals surface area contributed by atoms with Crippen LogP contribution in [-0.2, 0) is 9.59 Å². The summed E-state index contributed by atoms with van der Waals surface area (Å²) < 4.78 is 5.33. The number of amides is 2. The van der Waals surface area contributed by atoms with E-state index in [-0.39, 0.29) is 17.1 Å². The van der Waals surface area contributed by atoms with Gasteiger partial charge in [-0.05, 0) is 49.4 Å². The summed E-state index contributed by atoms with van der Waals surface area (Å²) in [6.07, 6.45) is 0. The minimum absolute atomic E-state index is 0.0865. The summed E-state index contributed by atoms with van der Waals surface area (Å²) >= 11 is 1.45. The Morgan fingerprint density at radius 2 is 1.88 bits per heavy atom. The fraction of sp³-hybridized carbons (Fsp3) is 0.167. The van der Waals surface area contributed by atoms with Crippen molar-refractivity contribution in [3.05, 3.63) is 48.0 Å². The van der Waals surface area contributed by atoms with Gasteiger partial charge in [0.2, 0.25) is 11.8 Å². The molecule has 0 saturated carbocycles. The highest BCUT2D eigenvalue weighted by Crippen LogP contribution is 2.36. The zero-order valence-electron chi connectivity index (χ0n) is 13.7. The average molecular weight is 356 g/mol. The molecule has 1 heterocycles. The largest absolute Gasteiger partial charge is 0.423 e. The minimum Gasteiger partial charge on any atom is -0.423 e. The monoisotopic (exact) mass is 356 g/mol. The summed E-state index contributed by atoms with van der Waals surface area (Å²) in [5, 5.41) is 5.26. The normalized spacial score (nSPS) is 15.8. The number of fused-ring (bicyclic) bond motifs is 1. The molecule has 0 saturated heterocycles. The molecule has 0 radical (unpaired) electrons. The summed E-state index contributed by atoms with van der Waals surface area (Å²) in [5.41, 5.74) is 1.58. The first kappa shape index (κ1) is 17.0. The van der Waals surface area contributed by atoms with E-state index in [2.05, 4.69) is 10.6 Å². The molecule has 128 valence electrons. The average Bonchev–Trinajstić information content (AvgIpc) is 2.57. The highest BCUT2D eigenvalue weighted by Gasteiger charge is 2.24. The van der Waals surface area contributed by atoms with Crippen molar-refractivity contribution in [3.63, 3.8) is 0 Å². The first-order chi connectivity index (χ1) is 11.9. The van der Waals surface area contributed by atoms with Crippen molar-refractivity contribution >= 4 is 40.9 Å². The first-order valence-electron chi connectivity index (χ1n) is 7.64. The molecule has 2 aromatic carbocycles. The van der Waals surface area contributed by atoms with Gasteiger partial charge in [0.1, 0.15) is 5.75 Å². The second-order valence-corrected chi connectivity index (χ2v) is 6.94. The van der Waals surface area contributed by atoms with Crippen LogP contribution in [0.4, 0.5) is 11.4 Å². The number of rotatable bonds is 3. The van der Waals surface area contributed by atoms with Crippen LogP contribution in [-0.4, -0.2) is 23.0 Å². The number of benzene rings is 2. The molecule has 1 unspecified atom stereocenters. The van der Waals surface area contributed by atoms with Gasteiger partial charge < -0.3 is 15.4 Å². The lowest BCUT2D eigenvalue weighted by Gasteiger charge is -2.21. The molecular weight excluding hydrogens is 340 g/mol. The fourth-order valence-electron chi connectivity index (χ4n) is 2.31. The summed E-state index contributed by atoms with van der Waals surface area (Å²) in [4.78, 5) is 36.0. The Labute approximate surface area is 148 Å². The van der Waals surface area contributed by atoms with E-state index in [1.54, 1.807) is 42.5 Å². The Morgan fingerprint density at radius 3 is 2.56 bits per heavy atom. The van der Waals surface area contributed by atoms with Crippen molar-refractivity contribution in [3.8, 4) is 5.75 Å².